The van der Waals surface area contributed by atoms with Gasteiger partial charge in [0.25, 0.3) is 0 Å². The quantitative estimate of drug-likeness (QED) is 0.799. The third kappa shape index (κ3) is 3.41. The van der Waals surface area contributed by atoms with Gasteiger partial charge in [-0.1, -0.05) is 6.92 Å². The van der Waals surface area contributed by atoms with Crippen LogP contribution in [0.3, 0.4) is 0 Å². The number of phenolic OH excluding ortho intramolecular Hbond substituents is 1. The van der Waals surface area contributed by atoms with Crippen molar-refractivity contribution in [3.05, 3.63) is 24.0 Å². The van der Waals surface area contributed by atoms with Gasteiger partial charge < -0.3 is 10.4 Å². The summed E-state index contributed by atoms with van der Waals surface area (Å²) in [6.07, 6.45) is 1.91. The molecule has 0 heterocycles. The maximum absolute atomic E-state index is 12.9. The van der Waals surface area contributed by atoms with Crippen molar-refractivity contribution < 1.29 is 14.3 Å². The highest BCUT2D eigenvalue weighted by Gasteiger charge is 2.14. The van der Waals surface area contributed by atoms with Gasteiger partial charge in [-0.25, -0.2) is 4.39 Å². The van der Waals surface area contributed by atoms with E-state index in [1.807, 2.05) is 6.26 Å². The third-order valence-corrected chi connectivity index (χ3v) is 2.91. The van der Waals surface area contributed by atoms with Crippen molar-refractivity contribution in [1.29, 1.82) is 0 Å². The molecule has 1 aromatic rings. The van der Waals surface area contributed by atoms with Gasteiger partial charge in [0, 0.05) is 17.7 Å². The van der Waals surface area contributed by atoms with Crippen molar-refractivity contribution in [3.8, 4) is 5.75 Å². The normalized spacial score (nSPS) is 12.2. The Morgan fingerprint density at radius 1 is 1.62 bits per heavy atom. The molecule has 3 nitrogen and oxygen atoms in total. The lowest BCUT2D eigenvalue weighted by Crippen LogP contribution is -2.22. The summed E-state index contributed by atoms with van der Waals surface area (Å²) in [5.41, 5.74) is 0.109. The van der Waals surface area contributed by atoms with E-state index in [0.717, 1.165) is 12.1 Å². The molecule has 0 spiro atoms. The molecule has 0 unspecified atom stereocenters. The lowest BCUT2D eigenvalue weighted by Gasteiger charge is -2.11. The SMILES string of the molecule is CSC[C@@H](C)C(=O)Nc1cc(F)ccc1O. The van der Waals surface area contributed by atoms with Gasteiger partial charge in [-0.05, 0) is 18.4 Å². The zero-order valence-corrected chi connectivity index (χ0v) is 9.97. The fourth-order valence-corrected chi connectivity index (χ4v) is 1.84. The molecule has 1 atom stereocenters. The van der Waals surface area contributed by atoms with E-state index >= 15 is 0 Å². The first kappa shape index (κ1) is 12.8. The van der Waals surface area contributed by atoms with Gasteiger partial charge >= 0.3 is 0 Å². The summed E-state index contributed by atoms with van der Waals surface area (Å²) in [5.74, 6) is -0.355. The average Bonchev–Trinajstić information content (AvgIpc) is 2.23. The van der Waals surface area contributed by atoms with Crippen molar-refractivity contribution in [1.82, 2.24) is 0 Å². The van der Waals surface area contributed by atoms with Gasteiger partial charge in [-0.15, -0.1) is 0 Å². The highest BCUT2D eigenvalue weighted by molar-refractivity contribution is 7.98. The summed E-state index contributed by atoms with van der Waals surface area (Å²) in [5, 5.41) is 11.9. The van der Waals surface area contributed by atoms with Crippen LogP contribution in [0, 0.1) is 11.7 Å². The van der Waals surface area contributed by atoms with Crippen molar-refractivity contribution in [3.63, 3.8) is 0 Å². The minimum absolute atomic E-state index is 0.109. The first-order chi connectivity index (χ1) is 7.54. The Kier molecular flexibility index (Phi) is 4.61. The minimum atomic E-state index is -0.495. The molecular weight excluding hydrogens is 229 g/mol. The summed E-state index contributed by atoms with van der Waals surface area (Å²) in [6, 6.07) is 3.44. The van der Waals surface area contributed by atoms with Gasteiger partial charge in [-0.2, -0.15) is 11.8 Å². The largest absolute Gasteiger partial charge is 0.506 e. The highest BCUT2D eigenvalue weighted by Crippen LogP contribution is 2.24. The van der Waals surface area contributed by atoms with Gasteiger partial charge in [0.15, 0.2) is 0 Å². The number of anilines is 1. The fourth-order valence-electron chi connectivity index (χ4n) is 1.19. The van der Waals surface area contributed by atoms with E-state index in [2.05, 4.69) is 5.32 Å². The number of rotatable bonds is 4. The molecule has 2 N–H and O–H groups in total. The molecule has 0 aliphatic heterocycles. The summed E-state index contributed by atoms with van der Waals surface area (Å²) < 4.78 is 12.9. The number of hydrogen-bond donors (Lipinski definition) is 2. The number of carbonyl (C=O) groups is 1. The van der Waals surface area contributed by atoms with Crippen LogP contribution < -0.4 is 5.32 Å². The smallest absolute Gasteiger partial charge is 0.228 e. The molecule has 0 radical (unpaired) electrons. The first-order valence-corrected chi connectivity index (χ1v) is 6.22. The Hall–Kier alpha value is -1.23. The molecule has 1 rings (SSSR count). The van der Waals surface area contributed by atoms with Gasteiger partial charge in [0.05, 0.1) is 5.69 Å². The number of amides is 1. The predicted molar refractivity (Wildman–Crippen MR) is 64.2 cm³/mol. The highest BCUT2D eigenvalue weighted by atomic mass is 32.2. The van der Waals surface area contributed by atoms with E-state index in [9.17, 15) is 14.3 Å². The molecule has 0 aliphatic carbocycles. The van der Waals surface area contributed by atoms with E-state index in [1.54, 1.807) is 18.7 Å². The molecule has 0 aliphatic rings. The first-order valence-electron chi connectivity index (χ1n) is 4.83. The monoisotopic (exact) mass is 243 g/mol. The maximum Gasteiger partial charge on any atom is 0.228 e. The predicted octanol–water partition coefficient (Wildman–Crippen LogP) is 2.47. The lowest BCUT2D eigenvalue weighted by molar-refractivity contribution is -0.118. The molecular formula is C11H14FNO2S. The zero-order valence-electron chi connectivity index (χ0n) is 9.16. The lowest BCUT2D eigenvalue weighted by atomic mass is 10.2. The molecule has 0 bridgehead atoms. The van der Waals surface area contributed by atoms with Crippen LogP contribution in [0.2, 0.25) is 0 Å². The van der Waals surface area contributed by atoms with Crippen LogP contribution in [0.25, 0.3) is 0 Å². The van der Waals surface area contributed by atoms with Crippen LogP contribution in [-0.4, -0.2) is 23.0 Å². The number of hydrogen-bond acceptors (Lipinski definition) is 3. The Morgan fingerprint density at radius 3 is 2.94 bits per heavy atom. The molecule has 5 heteroatoms. The number of benzene rings is 1. The Bertz CT molecular complexity index is 384. The average molecular weight is 243 g/mol. The molecule has 0 saturated heterocycles. The van der Waals surface area contributed by atoms with Crippen molar-refractivity contribution in [2.75, 3.05) is 17.3 Å². The molecule has 0 fully saturated rings. The summed E-state index contributed by atoms with van der Waals surface area (Å²) >= 11 is 1.56. The second-order valence-electron chi connectivity index (χ2n) is 3.51. The second-order valence-corrected chi connectivity index (χ2v) is 4.42. The molecule has 16 heavy (non-hydrogen) atoms. The van der Waals surface area contributed by atoms with E-state index < -0.39 is 5.82 Å². The van der Waals surface area contributed by atoms with Crippen LogP contribution in [-0.2, 0) is 4.79 Å². The Labute approximate surface area is 98.1 Å². The molecule has 88 valence electrons. The van der Waals surface area contributed by atoms with Crippen molar-refractivity contribution >= 4 is 23.4 Å². The number of nitrogens with one attached hydrogen (secondary N) is 1. The van der Waals surface area contributed by atoms with E-state index in [0.29, 0.717) is 5.75 Å². The van der Waals surface area contributed by atoms with Crippen molar-refractivity contribution in [2.24, 2.45) is 5.92 Å². The third-order valence-electron chi connectivity index (χ3n) is 2.08. The molecule has 1 amide bonds. The standard InChI is InChI=1S/C11H14FNO2S/c1-7(6-16-2)11(15)13-9-5-8(12)3-4-10(9)14/h3-5,7,14H,6H2,1-2H3,(H,13,15)/t7-/m1/s1. The number of thioether (sulfide) groups is 1. The van der Waals surface area contributed by atoms with Crippen LogP contribution in [0.15, 0.2) is 18.2 Å². The summed E-state index contributed by atoms with van der Waals surface area (Å²) in [7, 11) is 0. The van der Waals surface area contributed by atoms with E-state index in [1.165, 1.54) is 6.07 Å². The second kappa shape index (κ2) is 5.75. The van der Waals surface area contributed by atoms with E-state index in [-0.39, 0.29) is 23.3 Å². The minimum Gasteiger partial charge on any atom is -0.506 e. The topological polar surface area (TPSA) is 49.3 Å². The summed E-state index contributed by atoms with van der Waals surface area (Å²) in [4.78, 5) is 11.6. The zero-order chi connectivity index (χ0) is 12.1. The van der Waals surface area contributed by atoms with Crippen LogP contribution in [0.4, 0.5) is 10.1 Å². The van der Waals surface area contributed by atoms with Gasteiger partial charge in [-0.3, -0.25) is 4.79 Å². The maximum atomic E-state index is 12.9. The number of carbonyl (C=O) groups excluding carboxylic acids is 1. The molecule has 0 saturated carbocycles. The number of aromatic hydroxyl groups is 1. The van der Waals surface area contributed by atoms with Crippen LogP contribution in [0.5, 0.6) is 5.75 Å². The van der Waals surface area contributed by atoms with Gasteiger partial charge in [0.1, 0.15) is 11.6 Å². The van der Waals surface area contributed by atoms with Gasteiger partial charge in [0.2, 0.25) is 5.91 Å². The molecule has 0 aromatic heterocycles. The Morgan fingerprint density at radius 2 is 2.31 bits per heavy atom. The number of halogens is 1. The summed E-state index contributed by atoms with van der Waals surface area (Å²) in [6.45, 7) is 1.78. The van der Waals surface area contributed by atoms with Crippen molar-refractivity contribution in [2.45, 2.75) is 6.92 Å². The number of phenols is 1. The van der Waals surface area contributed by atoms with Crippen LogP contribution >= 0.6 is 11.8 Å². The molecule has 1 aromatic carbocycles. The Balaban J connectivity index is 2.72. The van der Waals surface area contributed by atoms with Crippen LogP contribution in [0.1, 0.15) is 6.92 Å². The fraction of sp³-hybridized carbons (Fsp3) is 0.364. The van der Waals surface area contributed by atoms with E-state index in [4.69, 9.17) is 0 Å².